The van der Waals surface area contributed by atoms with Gasteiger partial charge in [-0.2, -0.15) is 0 Å². The molecule has 0 unspecified atom stereocenters. The maximum Gasteiger partial charge on any atom is 0.215 e. The molecule has 4 nitrogen and oxygen atoms in total. The van der Waals surface area contributed by atoms with Gasteiger partial charge in [-0.05, 0) is 19.1 Å². The van der Waals surface area contributed by atoms with Crippen molar-refractivity contribution in [2.45, 2.75) is 6.92 Å². The number of nitrogens with zero attached hydrogens (tertiary/aromatic N) is 3. The van der Waals surface area contributed by atoms with E-state index in [0.717, 1.165) is 11.1 Å². The number of fused-ring (bicyclic) bond motifs is 1. The van der Waals surface area contributed by atoms with Crippen LogP contribution >= 0.6 is 0 Å². The van der Waals surface area contributed by atoms with E-state index >= 15 is 0 Å². The van der Waals surface area contributed by atoms with E-state index in [0.29, 0.717) is 16.8 Å². The van der Waals surface area contributed by atoms with E-state index in [-0.39, 0.29) is 5.78 Å². The molecule has 0 saturated carbocycles. The van der Waals surface area contributed by atoms with Crippen molar-refractivity contribution < 1.29 is 4.79 Å². The van der Waals surface area contributed by atoms with Gasteiger partial charge in [0.2, 0.25) is 5.78 Å². The summed E-state index contributed by atoms with van der Waals surface area (Å²) in [6, 6.07) is 9.32. The molecule has 0 atom stereocenters. The molecule has 0 N–H and O–H groups in total. The first-order valence-electron chi connectivity index (χ1n) is 5.93. The summed E-state index contributed by atoms with van der Waals surface area (Å²) in [7, 11) is 0. The molecular weight excluding hydrogens is 238 g/mol. The Hall–Kier alpha value is -2.62. The van der Waals surface area contributed by atoms with Gasteiger partial charge in [-0.1, -0.05) is 18.2 Å². The first-order chi connectivity index (χ1) is 9.25. The predicted octanol–water partition coefficient (Wildman–Crippen LogP) is 2.56. The zero-order chi connectivity index (χ0) is 13.2. The fourth-order valence-corrected chi connectivity index (χ4v) is 1.94. The summed E-state index contributed by atoms with van der Waals surface area (Å²) in [5.41, 5.74) is 2.37. The van der Waals surface area contributed by atoms with Gasteiger partial charge in [0.15, 0.2) is 0 Å². The van der Waals surface area contributed by atoms with Gasteiger partial charge in [0, 0.05) is 17.8 Å². The van der Waals surface area contributed by atoms with Crippen molar-refractivity contribution in [1.29, 1.82) is 0 Å². The Labute approximate surface area is 110 Å². The number of hydrogen-bond donors (Lipinski definition) is 0. The maximum absolute atomic E-state index is 12.4. The number of benzene rings is 1. The van der Waals surface area contributed by atoms with Crippen molar-refractivity contribution in [3.63, 3.8) is 0 Å². The molecule has 2 aromatic heterocycles. The summed E-state index contributed by atoms with van der Waals surface area (Å²) in [6.07, 6.45) is 4.77. The monoisotopic (exact) mass is 249 g/mol. The molecule has 19 heavy (non-hydrogen) atoms. The zero-order valence-corrected chi connectivity index (χ0v) is 10.4. The van der Waals surface area contributed by atoms with Crippen molar-refractivity contribution in [2.24, 2.45) is 0 Å². The number of aromatic nitrogens is 3. The highest BCUT2D eigenvalue weighted by molar-refractivity contribution is 6.14. The van der Waals surface area contributed by atoms with Gasteiger partial charge in [-0.3, -0.25) is 14.8 Å². The van der Waals surface area contributed by atoms with E-state index in [1.54, 1.807) is 18.5 Å². The second-order valence-corrected chi connectivity index (χ2v) is 4.25. The third kappa shape index (κ3) is 2.08. The van der Waals surface area contributed by atoms with E-state index in [9.17, 15) is 4.79 Å². The van der Waals surface area contributed by atoms with Crippen molar-refractivity contribution in [3.05, 3.63) is 65.9 Å². The Morgan fingerprint density at radius 2 is 1.84 bits per heavy atom. The molecule has 0 saturated heterocycles. The third-order valence-electron chi connectivity index (χ3n) is 2.89. The summed E-state index contributed by atoms with van der Waals surface area (Å²) in [4.78, 5) is 24.9. The standard InChI is InChI=1S/C15H11N3O/c1-10-8-18-13(9-17-10)15(19)12-6-2-4-11-5-3-7-16-14(11)12/h2-9H,1H3. The lowest BCUT2D eigenvalue weighted by Gasteiger charge is -2.04. The lowest BCUT2D eigenvalue weighted by atomic mass is 10.0. The van der Waals surface area contributed by atoms with Crippen LogP contribution in [0.5, 0.6) is 0 Å². The molecule has 2 heterocycles. The first-order valence-corrected chi connectivity index (χ1v) is 5.93. The molecule has 0 spiro atoms. The minimum absolute atomic E-state index is 0.156. The Morgan fingerprint density at radius 1 is 1.00 bits per heavy atom. The van der Waals surface area contributed by atoms with Crippen molar-refractivity contribution in [3.8, 4) is 0 Å². The highest BCUT2D eigenvalue weighted by Gasteiger charge is 2.14. The minimum Gasteiger partial charge on any atom is -0.287 e. The average Bonchev–Trinajstić information content (AvgIpc) is 2.47. The van der Waals surface area contributed by atoms with Crippen LogP contribution in [-0.2, 0) is 0 Å². The van der Waals surface area contributed by atoms with E-state index in [1.807, 2.05) is 31.2 Å². The topological polar surface area (TPSA) is 55.7 Å². The third-order valence-corrected chi connectivity index (χ3v) is 2.89. The fourth-order valence-electron chi connectivity index (χ4n) is 1.94. The highest BCUT2D eigenvalue weighted by atomic mass is 16.1. The summed E-state index contributed by atoms with van der Waals surface area (Å²) in [5.74, 6) is -0.156. The summed E-state index contributed by atoms with van der Waals surface area (Å²) < 4.78 is 0. The molecule has 3 rings (SSSR count). The lowest BCUT2D eigenvalue weighted by molar-refractivity contribution is 0.103. The predicted molar refractivity (Wildman–Crippen MR) is 71.9 cm³/mol. The molecule has 0 aliphatic rings. The van der Waals surface area contributed by atoms with Crippen LogP contribution in [0.1, 0.15) is 21.7 Å². The number of pyridine rings is 1. The Kier molecular flexibility index (Phi) is 2.76. The van der Waals surface area contributed by atoms with Crippen LogP contribution in [0.2, 0.25) is 0 Å². The SMILES string of the molecule is Cc1cnc(C(=O)c2cccc3cccnc23)cn1. The zero-order valence-electron chi connectivity index (χ0n) is 10.4. The summed E-state index contributed by atoms with van der Waals surface area (Å²) in [6.45, 7) is 1.83. The summed E-state index contributed by atoms with van der Waals surface area (Å²) >= 11 is 0. The lowest BCUT2D eigenvalue weighted by Crippen LogP contribution is -2.06. The van der Waals surface area contributed by atoms with Crippen molar-refractivity contribution >= 4 is 16.7 Å². The molecule has 0 fully saturated rings. The summed E-state index contributed by atoms with van der Waals surface area (Å²) in [5, 5.41) is 0.938. The van der Waals surface area contributed by atoms with Crippen LogP contribution < -0.4 is 0 Å². The normalized spacial score (nSPS) is 10.6. The quantitative estimate of drug-likeness (QED) is 0.655. The number of carbonyl (C=O) groups is 1. The fraction of sp³-hybridized carbons (Fsp3) is 0.0667. The molecule has 0 radical (unpaired) electrons. The van der Waals surface area contributed by atoms with Crippen LogP contribution in [0.25, 0.3) is 10.9 Å². The average molecular weight is 249 g/mol. The van der Waals surface area contributed by atoms with Crippen LogP contribution in [0.15, 0.2) is 48.9 Å². The van der Waals surface area contributed by atoms with Gasteiger partial charge in [-0.25, -0.2) is 4.98 Å². The van der Waals surface area contributed by atoms with Gasteiger partial charge in [0.05, 0.1) is 23.0 Å². The van der Waals surface area contributed by atoms with E-state index in [2.05, 4.69) is 15.0 Å². The number of carbonyl (C=O) groups excluding carboxylic acids is 1. The molecule has 3 aromatic rings. The Balaban J connectivity index is 2.14. The van der Waals surface area contributed by atoms with Crippen LogP contribution in [0.4, 0.5) is 0 Å². The maximum atomic E-state index is 12.4. The minimum atomic E-state index is -0.156. The second-order valence-electron chi connectivity index (χ2n) is 4.25. The van der Waals surface area contributed by atoms with Gasteiger partial charge >= 0.3 is 0 Å². The molecule has 0 amide bonds. The van der Waals surface area contributed by atoms with Gasteiger partial charge in [-0.15, -0.1) is 0 Å². The first kappa shape index (κ1) is 11.5. The highest BCUT2D eigenvalue weighted by Crippen LogP contribution is 2.18. The van der Waals surface area contributed by atoms with Crippen LogP contribution in [0, 0.1) is 6.92 Å². The number of rotatable bonds is 2. The van der Waals surface area contributed by atoms with Gasteiger partial charge in [0.1, 0.15) is 5.69 Å². The Morgan fingerprint density at radius 3 is 2.63 bits per heavy atom. The number of ketones is 1. The number of hydrogen-bond acceptors (Lipinski definition) is 4. The molecule has 4 heteroatoms. The van der Waals surface area contributed by atoms with E-state index < -0.39 is 0 Å². The van der Waals surface area contributed by atoms with Crippen molar-refractivity contribution in [1.82, 2.24) is 15.0 Å². The molecule has 92 valence electrons. The van der Waals surface area contributed by atoms with Crippen LogP contribution in [-0.4, -0.2) is 20.7 Å². The van der Waals surface area contributed by atoms with Gasteiger partial charge in [0.25, 0.3) is 0 Å². The number of aryl methyl sites for hydroxylation is 1. The Bertz CT molecular complexity index is 745. The molecule has 0 aliphatic heterocycles. The smallest absolute Gasteiger partial charge is 0.215 e. The van der Waals surface area contributed by atoms with E-state index in [1.165, 1.54) is 6.20 Å². The number of para-hydroxylation sites is 1. The molecule has 0 bridgehead atoms. The van der Waals surface area contributed by atoms with Gasteiger partial charge < -0.3 is 0 Å². The largest absolute Gasteiger partial charge is 0.287 e. The molecule has 1 aromatic carbocycles. The van der Waals surface area contributed by atoms with E-state index in [4.69, 9.17) is 0 Å². The van der Waals surface area contributed by atoms with Crippen LogP contribution in [0.3, 0.4) is 0 Å². The van der Waals surface area contributed by atoms with Crippen molar-refractivity contribution in [2.75, 3.05) is 0 Å². The molecule has 0 aliphatic carbocycles. The molecular formula is C15H11N3O. The second kappa shape index (κ2) is 4.57.